The molecule has 3 atom stereocenters. The topological polar surface area (TPSA) is 104 Å². The summed E-state index contributed by atoms with van der Waals surface area (Å²) in [5.41, 5.74) is 0. The normalized spacial score (nSPS) is 17.8. The molecular weight excluding hydrogens is 365 g/mol. The van der Waals surface area contributed by atoms with Gasteiger partial charge in [0.25, 0.3) is 0 Å². The van der Waals surface area contributed by atoms with E-state index >= 15 is 0 Å². The highest BCUT2D eigenvalue weighted by Crippen LogP contribution is 2.27. The van der Waals surface area contributed by atoms with Crippen molar-refractivity contribution in [3.05, 3.63) is 0 Å². The Bertz CT molecular complexity index is 562. The van der Waals surface area contributed by atoms with Gasteiger partial charge in [-0.3, -0.25) is 23.6 Å². The van der Waals surface area contributed by atoms with Gasteiger partial charge in [-0.15, -0.1) is 0 Å². The first-order valence-electron chi connectivity index (χ1n) is 10.1. The predicted octanol–water partition coefficient (Wildman–Crippen LogP) is 1.30. The van der Waals surface area contributed by atoms with Gasteiger partial charge in [0, 0.05) is 13.3 Å². The van der Waals surface area contributed by atoms with Crippen molar-refractivity contribution in [2.45, 2.75) is 77.4 Å². The Hall–Kier alpha value is -1.83. The third-order valence-electron chi connectivity index (χ3n) is 5.18. The molecule has 2 unspecified atom stereocenters. The molecule has 0 aromatic heterocycles. The SMILES string of the molecule is CN[C@H](C(=O)NC(CC(C)C)C(=O)NC(CCF)C(=O)C(C)=O)C1CCCC1. The molecule has 8 heteroatoms. The second-order valence-electron chi connectivity index (χ2n) is 7.96. The number of alkyl halides is 1. The number of ketones is 2. The summed E-state index contributed by atoms with van der Waals surface area (Å²) >= 11 is 0. The first-order valence-corrected chi connectivity index (χ1v) is 10.1. The van der Waals surface area contributed by atoms with Crippen LogP contribution in [-0.4, -0.2) is 55.2 Å². The molecule has 0 bridgehead atoms. The van der Waals surface area contributed by atoms with Crippen molar-refractivity contribution in [2.24, 2.45) is 11.8 Å². The lowest BCUT2D eigenvalue weighted by atomic mass is 9.96. The number of rotatable bonds is 12. The summed E-state index contributed by atoms with van der Waals surface area (Å²) in [6.45, 7) is 4.08. The number of Topliss-reactive ketones (excluding diaryl/α,β-unsaturated/α-hetero) is 2. The summed E-state index contributed by atoms with van der Waals surface area (Å²) < 4.78 is 12.8. The highest BCUT2D eigenvalue weighted by Gasteiger charge is 2.33. The quantitative estimate of drug-likeness (QED) is 0.429. The van der Waals surface area contributed by atoms with Crippen LogP contribution in [0.3, 0.4) is 0 Å². The van der Waals surface area contributed by atoms with Gasteiger partial charge in [-0.25, -0.2) is 0 Å². The molecule has 3 N–H and O–H groups in total. The molecule has 2 amide bonds. The molecule has 160 valence electrons. The van der Waals surface area contributed by atoms with Gasteiger partial charge in [-0.1, -0.05) is 26.7 Å². The molecule has 1 rings (SSSR count). The molecule has 1 aliphatic rings. The van der Waals surface area contributed by atoms with E-state index in [0.29, 0.717) is 6.42 Å². The zero-order valence-corrected chi connectivity index (χ0v) is 17.3. The lowest BCUT2D eigenvalue weighted by Gasteiger charge is -2.27. The molecule has 1 fully saturated rings. The number of hydrogen-bond acceptors (Lipinski definition) is 5. The fourth-order valence-corrected chi connectivity index (χ4v) is 3.73. The van der Waals surface area contributed by atoms with Crippen LogP contribution >= 0.6 is 0 Å². The minimum Gasteiger partial charge on any atom is -0.344 e. The smallest absolute Gasteiger partial charge is 0.243 e. The van der Waals surface area contributed by atoms with Crippen LogP contribution in [0, 0.1) is 11.8 Å². The molecular formula is C20H34FN3O4. The molecule has 1 aliphatic carbocycles. The molecule has 0 aliphatic heterocycles. The monoisotopic (exact) mass is 399 g/mol. The van der Waals surface area contributed by atoms with Crippen molar-refractivity contribution >= 4 is 23.4 Å². The van der Waals surface area contributed by atoms with Crippen molar-refractivity contribution in [3.63, 3.8) is 0 Å². The summed E-state index contributed by atoms with van der Waals surface area (Å²) in [5.74, 6) is -2.06. The molecule has 7 nitrogen and oxygen atoms in total. The van der Waals surface area contributed by atoms with Crippen LogP contribution in [-0.2, 0) is 19.2 Å². The van der Waals surface area contributed by atoms with Crippen molar-refractivity contribution in [3.8, 4) is 0 Å². The van der Waals surface area contributed by atoms with E-state index in [2.05, 4.69) is 16.0 Å². The van der Waals surface area contributed by atoms with Gasteiger partial charge >= 0.3 is 0 Å². The van der Waals surface area contributed by atoms with E-state index in [1.807, 2.05) is 13.8 Å². The lowest BCUT2D eigenvalue weighted by Crippen LogP contribution is -2.56. The van der Waals surface area contributed by atoms with Gasteiger partial charge in [-0.05, 0) is 38.1 Å². The number of carbonyl (C=O) groups is 4. The number of nitrogens with one attached hydrogen (secondary N) is 3. The summed E-state index contributed by atoms with van der Waals surface area (Å²) in [7, 11) is 1.73. The van der Waals surface area contributed by atoms with E-state index < -0.39 is 36.2 Å². The van der Waals surface area contributed by atoms with Crippen LogP contribution in [0.2, 0.25) is 0 Å². The Morgan fingerprint density at radius 1 is 1.00 bits per heavy atom. The van der Waals surface area contributed by atoms with E-state index in [0.717, 1.165) is 32.6 Å². The first-order chi connectivity index (χ1) is 13.2. The average Bonchev–Trinajstić information content (AvgIpc) is 3.14. The van der Waals surface area contributed by atoms with Gasteiger partial charge in [0.1, 0.15) is 6.04 Å². The largest absolute Gasteiger partial charge is 0.344 e. The van der Waals surface area contributed by atoms with Crippen LogP contribution in [0.4, 0.5) is 4.39 Å². The predicted molar refractivity (Wildman–Crippen MR) is 104 cm³/mol. The second kappa shape index (κ2) is 11.9. The molecule has 0 heterocycles. The number of carbonyl (C=O) groups excluding carboxylic acids is 4. The summed E-state index contributed by atoms with van der Waals surface area (Å²) in [5, 5.41) is 8.28. The van der Waals surface area contributed by atoms with Crippen LogP contribution in [0.15, 0.2) is 0 Å². The van der Waals surface area contributed by atoms with Gasteiger partial charge in [0.2, 0.25) is 17.6 Å². The number of amides is 2. The number of hydrogen-bond donors (Lipinski definition) is 3. The molecule has 0 radical (unpaired) electrons. The van der Waals surface area contributed by atoms with Crippen molar-refractivity contribution in [1.82, 2.24) is 16.0 Å². The van der Waals surface area contributed by atoms with Crippen LogP contribution in [0.25, 0.3) is 0 Å². The van der Waals surface area contributed by atoms with E-state index in [1.54, 1.807) is 7.05 Å². The molecule has 0 aromatic rings. The van der Waals surface area contributed by atoms with E-state index in [9.17, 15) is 23.6 Å². The second-order valence-corrected chi connectivity index (χ2v) is 7.96. The lowest BCUT2D eigenvalue weighted by molar-refractivity contribution is -0.138. The first kappa shape index (κ1) is 24.2. The maximum atomic E-state index is 12.8. The zero-order chi connectivity index (χ0) is 21.3. The molecule has 1 saturated carbocycles. The van der Waals surface area contributed by atoms with Crippen LogP contribution in [0.5, 0.6) is 0 Å². The maximum Gasteiger partial charge on any atom is 0.243 e. The van der Waals surface area contributed by atoms with Gasteiger partial charge in [0.15, 0.2) is 5.78 Å². The minimum absolute atomic E-state index is 0.110. The third-order valence-corrected chi connectivity index (χ3v) is 5.18. The Kier molecular flexibility index (Phi) is 10.3. The fourth-order valence-electron chi connectivity index (χ4n) is 3.73. The van der Waals surface area contributed by atoms with Crippen molar-refractivity contribution in [1.29, 1.82) is 0 Å². The molecule has 28 heavy (non-hydrogen) atoms. The summed E-state index contributed by atoms with van der Waals surface area (Å²) in [6.07, 6.45) is 4.20. The Labute approximate surface area is 166 Å². The highest BCUT2D eigenvalue weighted by molar-refractivity contribution is 6.38. The van der Waals surface area contributed by atoms with Crippen LogP contribution < -0.4 is 16.0 Å². The van der Waals surface area contributed by atoms with Crippen LogP contribution in [0.1, 0.15) is 59.3 Å². The standard InChI is InChI=1S/C20H34FN3O4/c1-12(2)11-16(19(27)23-15(9-10-21)18(26)13(3)25)24-20(28)17(22-4)14-7-5-6-8-14/h12,14-17,22H,5-11H2,1-4H3,(H,23,27)(H,24,28)/t15?,16?,17-/m0/s1. The Morgan fingerprint density at radius 2 is 1.57 bits per heavy atom. The summed E-state index contributed by atoms with van der Waals surface area (Å²) in [6, 6.07) is -2.45. The van der Waals surface area contributed by atoms with Gasteiger partial charge in [0.05, 0.1) is 18.8 Å². The minimum atomic E-state index is -1.21. The number of halogens is 1. The Balaban J connectivity index is 2.86. The van der Waals surface area contributed by atoms with Crippen molar-refractivity contribution in [2.75, 3.05) is 13.7 Å². The van der Waals surface area contributed by atoms with Gasteiger partial charge in [-0.2, -0.15) is 0 Å². The van der Waals surface area contributed by atoms with Crippen molar-refractivity contribution < 1.29 is 23.6 Å². The average molecular weight is 400 g/mol. The molecule has 0 saturated heterocycles. The molecule has 0 spiro atoms. The van der Waals surface area contributed by atoms with E-state index in [1.165, 1.54) is 0 Å². The summed E-state index contributed by atoms with van der Waals surface area (Å²) in [4.78, 5) is 48.8. The maximum absolute atomic E-state index is 12.8. The van der Waals surface area contributed by atoms with Gasteiger partial charge < -0.3 is 16.0 Å². The van der Waals surface area contributed by atoms with E-state index in [4.69, 9.17) is 0 Å². The van der Waals surface area contributed by atoms with E-state index in [-0.39, 0.29) is 30.2 Å². The number of likely N-dealkylation sites (N-methyl/N-ethyl adjacent to an activating group) is 1. The fraction of sp³-hybridized carbons (Fsp3) is 0.800. The molecule has 0 aromatic carbocycles. The highest BCUT2D eigenvalue weighted by atomic mass is 19.1. The third kappa shape index (κ3) is 7.30. The Morgan fingerprint density at radius 3 is 2.04 bits per heavy atom. The zero-order valence-electron chi connectivity index (χ0n) is 17.3.